The van der Waals surface area contributed by atoms with E-state index in [0.717, 1.165) is 41.5 Å². The van der Waals surface area contributed by atoms with Crippen LogP contribution in [-0.2, 0) is 6.42 Å². The first-order valence-electron chi connectivity index (χ1n) is 7.41. The molecule has 0 saturated heterocycles. The average Bonchev–Trinajstić information content (AvgIpc) is 2.54. The molecule has 0 radical (unpaired) electrons. The van der Waals surface area contributed by atoms with Crippen LogP contribution in [0.15, 0.2) is 36.4 Å². The monoisotopic (exact) mass is 299 g/mol. The van der Waals surface area contributed by atoms with Gasteiger partial charge in [-0.2, -0.15) is 0 Å². The largest absolute Gasteiger partial charge is 0.497 e. The van der Waals surface area contributed by atoms with E-state index in [1.54, 1.807) is 14.2 Å². The van der Waals surface area contributed by atoms with Crippen LogP contribution in [0.3, 0.4) is 0 Å². The second kappa shape index (κ2) is 6.18. The maximum absolute atomic E-state index is 6.12. The molecule has 0 fully saturated rings. The molecule has 0 aliphatic carbocycles. The Morgan fingerprint density at radius 1 is 1.14 bits per heavy atom. The summed E-state index contributed by atoms with van der Waals surface area (Å²) in [5.41, 5.74) is 3.37. The van der Waals surface area contributed by atoms with Crippen LogP contribution in [0.4, 0.5) is 5.69 Å². The van der Waals surface area contributed by atoms with Gasteiger partial charge in [0.05, 0.1) is 26.5 Å². The van der Waals surface area contributed by atoms with Crippen molar-refractivity contribution >= 4 is 5.69 Å². The van der Waals surface area contributed by atoms with Crippen molar-refractivity contribution in [2.75, 3.05) is 26.1 Å². The number of nitrogens with one attached hydrogen (secondary N) is 1. The van der Waals surface area contributed by atoms with Crippen molar-refractivity contribution in [3.63, 3.8) is 0 Å². The van der Waals surface area contributed by atoms with Gasteiger partial charge < -0.3 is 19.5 Å². The summed E-state index contributed by atoms with van der Waals surface area (Å²) in [6.45, 7) is 2.85. The molecule has 0 saturated carbocycles. The van der Waals surface area contributed by atoms with Gasteiger partial charge in [-0.3, -0.25) is 0 Å². The molecule has 1 N–H and O–H groups in total. The molecule has 2 aromatic carbocycles. The van der Waals surface area contributed by atoms with Gasteiger partial charge in [0.1, 0.15) is 23.4 Å². The first-order chi connectivity index (χ1) is 10.7. The normalized spacial score (nSPS) is 16.2. The Balaban J connectivity index is 1.77. The number of hydrogen-bond acceptors (Lipinski definition) is 4. The molecule has 116 valence electrons. The summed E-state index contributed by atoms with van der Waals surface area (Å²) < 4.78 is 16.8. The summed E-state index contributed by atoms with van der Waals surface area (Å²) in [5.74, 6) is 2.55. The minimum absolute atomic E-state index is 0.0802. The van der Waals surface area contributed by atoms with Crippen LogP contribution < -0.4 is 19.5 Å². The minimum atomic E-state index is 0.0802. The third kappa shape index (κ3) is 2.96. The van der Waals surface area contributed by atoms with E-state index in [0.29, 0.717) is 0 Å². The fourth-order valence-electron chi connectivity index (χ4n) is 2.70. The molecule has 1 atom stereocenters. The number of rotatable bonds is 4. The molecular weight excluding hydrogens is 278 g/mol. The first-order valence-corrected chi connectivity index (χ1v) is 7.41. The number of aryl methyl sites for hydroxylation is 1. The third-order valence-electron chi connectivity index (χ3n) is 3.89. The zero-order chi connectivity index (χ0) is 15.5. The lowest BCUT2D eigenvalue weighted by atomic mass is 10.0. The van der Waals surface area contributed by atoms with E-state index in [2.05, 4.69) is 30.4 Å². The number of methoxy groups -OCH3 is 2. The summed E-state index contributed by atoms with van der Waals surface area (Å²) >= 11 is 0. The van der Waals surface area contributed by atoms with E-state index in [9.17, 15) is 0 Å². The maximum Gasteiger partial charge on any atom is 0.143 e. The molecule has 22 heavy (non-hydrogen) atoms. The zero-order valence-corrected chi connectivity index (χ0v) is 13.2. The second-order valence-corrected chi connectivity index (χ2v) is 5.50. The molecule has 0 spiro atoms. The Morgan fingerprint density at radius 2 is 2.00 bits per heavy atom. The summed E-state index contributed by atoms with van der Waals surface area (Å²) in [5, 5.41) is 3.43. The van der Waals surface area contributed by atoms with Gasteiger partial charge in [0.15, 0.2) is 0 Å². The van der Waals surface area contributed by atoms with Gasteiger partial charge in [0.2, 0.25) is 0 Å². The van der Waals surface area contributed by atoms with E-state index in [1.807, 2.05) is 18.2 Å². The lowest BCUT2D eigenvalue weighted by Gasteiger charge is -2.28. The van der Waals surface area contributed by atoms with Crippen LogP contribution in [0.1, 0.15) is 11.1 Å². The maximum atomic E-state index is 6.12. The predicted molar refractivity (Wildman–Crippen MR) is 87.3 cm³/mol. The molecule has 4 nitrogen and oxygen atoms in total. The lowest BCUT2D eigenvalue weighted by molar-refractivity contribution is 0.205. The number of anilines is 1. The number of ether oxygens (including phenoxy) is 3. The van der Waals surface area contributed by atoms with Crippen molar-refractivity contribution in [2.24, 2.45) is 0 Å². The van der Waals surface area contributed by atoms with Gasteiger partial charge in [-0.05, 0) is 36.2 Å². The highest BCUT2D eigenvalue weighted by molar-refractivity contribution is 5.59. The molecule has 1 aliphatic rings. The first kappa shape index (κ1) is 14.6. The van der Waals surface area contributed by atoms with Crippen LogP contribution in [0, 0.1) is 6.92 Å². The summed E-state index contributed by atoms with van der Waals surface area (Å²) in [6, 6.07) is 12.1. The van der Waals surface area contributed by atoms with Crippen LogP contribution >= 0.6 is 0 Å². The molecule has 0 aromatic heterocycles. The van der Waals surface area contributed by atoms with Crippen molar-refractivity contribution in [2.45, 2.75) is 19.4 Å². The number of benzene rings is 2. The van der Waals surface area contributed by atoms with Gasteiger partial charge in [-0.25, -0.2) is 0 Å². The molecule has 2 aromatic rings. The zero-order valence-electron chi connectivity index (χ0n) is 13.2. The summed E-state index contributed by atoms with van der Waals surface area (Å²) in [4.78, 5) is 0. The molecule has 1 heterocycles. The Bertz CT molecular complexity index is 669. The van der Waals surface area contributed by atoms with Crippen molar-refractivity contribution in [3.8, 4) is 17.2 Å². The number of hydrogen-bond donors (Lipinski definition) is 1. The van der Waals surface area contributed by atoms with Gasteiger partial charge in [-0.15, -0.1) is 0 Å². The van der Waals surface area contributed by atoms with Crippen LogP contribution in [-0.4, -0.2) is 26.9 Å². The van der Waals surface area contributed by atoms with E-state index in [4.69, 9.17) is 14.2 Å². The molecular formula is C18H21NO3. The quantitative estimate of drug-likeness (QED) is 0.939. The Labute approximate surface area is 131 Å². The van der Waals surface area contributed by atoms with Gasteiger partial charge in [-0.1, -0.05) is 12.1 Å². The highest BCUT2D eigenvalue weighted by Crippen LogP contribution is 2.32. The molecule has 0 amide bonds. The average molecular weight is 299 g/mol. The van der Waals surface area contributed by atoms with Crippen molar-refractivity contribution < 1.29 is 14.2 Å². The Kier molecular flexibility index (Phi) is 4.09. The fraction of sp³-hybridized carbons (Fsp3) is 0.333. The second-order valence-electron chi connectivity index (χ2n) is 5.50. The Hall–Kier alpha value is -2.36. The smallest absolute Gasteiger partial charge is 0.143 e. The summed E-state index contributed by atoms with van der Waals surface area (Å²) in [6.07, 6.45) is 0.865. The van der Waals surface area contributed by atoms with Gasteiger partial charge in [0, 0.05) is 12.5 Å². The van der Waals surface area contributed by atoms with Gasteiger partial charge in [0.25, 0.3) is 0 Å². The number of fused-ring (bicyclic) bond motifs is 1. The Morgan fingerprint density at radius 3 is 2.77 bits per heavy atom. The summed E-state index contributed by atoms with van der Waals surface area (Å²) in [7, 11) is 3.33. The predicted octanol–water partition coefficient (Wildman–Crippen LogP) is 3.43. The van der Waals surface area contributed by atoms with Crippen molar-refractivity contribution in [1.29, 1.82) is 0 Å². The van der Waals surface area contributed by atoms with Crippen molar-refractivity contribution in [1.82, 2.24) is 0 Å². The van der Waals surface area contributed by atoms with Crippen LogP contribution in [0.5, 0.6) is 17.2 Å². The van der Waals surface area contributed by atoms with E-state index >= 15 is 0 Å². The highest BCUT2D eigenvalue weighted by atomic mass is 16.5. The molecule has 1 unspecified atom stereocenters. The van der Waals surface area contributed by atoms with E-state index in [1.165, 1.54) is 5.56 Å². The lowest BCUT2D eigenvalue weighted by Crippen LogP contribution is -2.32. The van der Waals surface area contributed by atoms with Crippen LogP contribution in [0.2, 0.25) is 0 Å². The van der Waals surface area contributed by atoms with E-state index in [-0.39, 0.29) is 6.10 Å². The third-order valence-corrected chi connectivity index (χ3v) is 3.89. The van der Waals surface area contributed by atoms with Gasteiger partial charge >= 0.3 is 0 Å². The minimum Gasteiger partial charge on any atom is -0.497 e. The highest BCUT2D eigenvalue weighted by Gasteiger charge is 2.21. The molecule has 3 rings (SSSR count). The van der Waals surface area contributed by atoms with Crippen molar-refractivity contribution in [3.05, 3.63) is 47.5 Å². The SMILES string of the molecule is COc1ccc(CC2CNc3ccc(C)cc3O2)c(OC)c1. The molecule has 4 heteroatoms. The fourth-order valence-corrected chi connectivity index (χ4v) is 2.70. The topological polar surface area (TPSA) is 39.7 Å². The van der Waals surface area contributed by atoms with E-state index < -0.39 is 0 Å². The van der Waals surface area contributed by atoms with Crippen LogP contribution in [0.25, 0.3) is 0 Å². The molecule has 1 aliphatic heterocycles. The standard InChI is InChI=1S/C18H21NO3/c1-12-4-7-16-18(8-12)22-15(11-19-16)9-13-5-6-14(20-2)10-17(13)21-3/h4-8,10,15,19H,9,11H2,1-3H3. The molecule has 0 bridgehead atoms.